The largest absolute Gasteiger partial charge is 0.496 e. The van der Waals surface area contributed by atoms with Crippen LogP contribution >= 0.6 is 0 Å². The second kappa shape index (κ2) is 8.86. The van der Waals surface area contributed by atoms with Crippen LogP contribution in [0.3, 0.4) is 0 Å². The van der Waals surface area contributed by atoms with Crippen molar-refractivity contribution in [1.29, 1.82) is 0 Å². The molecule has 0 saturated heterocycles. The second-order valence-electron chi connectivity index (χ2n) is 8.25. The summed E-state index contributed by atoms with van der Waals surface area (Å²) in [6.07, 6.45) is 1.65. The molecule has 33 heavy (non-hydrogen) atoms. The second-order valence-corrected chi connectivity index (χ2v) is 8.25. The van der Waals surface area contributed by atoms with Gasteiger partial charge in [0.15, 0.2) is 0 Å². The van der Waals surface area contributed by atoms with Crippen LogP contribution in [-0.4, -0.2) is 18.1 Å². The summed E-state index contributed by atoms with van der Waals surface area (Å²) in [4.78, 5) is 29.2. The van der Waals surface area contributed by atoms with E-state index in [1.165, 1.54) is 7.11 Å². The Morgan fingerprint density at radius 3 is 2.52 bits per heavy atom. The zero-order valence-electron chi connectivity index (χ0n) is 19.1. The maximum Gasteiger partial charge on any atom is 0.337 e. The lowest BCUT2D eigenvalue weighted by molar-refractivity contribution is -0.140. The molecular weight excluding hydrogens is 418 g/mol. The molecule has 1 aromatic heterocycles. The highest BCUT2D eigenvalue weighted by Gasteiger charge is 2.37. The number of ether oxygens (including phenoxy) is 2. The number of nitrogens with two attached hydrogens (primary N) is 1. The molecule has 0 saturated carbocycles. The van der Waals surface area contributed by atoms with E-state index in [1.807, 2.05) is 45.0 Å². The maximum atomic E-state index is 13.4. The number of aromatic nitrogens is 1. The Labute approximate surface area is 192 Å². The Morgan fingerprint density at radius 1 is 1.09 bits per heavy atom. The molecule has 7 heteroatoms. The minimum Gasteiger partial charge on any atom is -0.496 e. The van der Waals surface area contributed by atoms with Crippen LogP contribution in [0.15, 0.2) is 64.7 Å². The predicted octanol–water partition coefficient (Wildman–Crippen LogP) is 4.16. The lowest BCUT2D eigenvalue weighted by atomic mass is 9.80. The molecule has 0 radical (unpaired) electrons. The van der Waals surface area contributed by atoms with E-state index in [0.29, 0.717) is 39.5 Å². The molecule has 0 spiro atoms. The number of benzene rings is 2. The Hall–Kier alpha value is -4.00. The average molecular weight is 446 g/mol. The molecule has 1 aliphatic heterocycles. The number of anilines is 2. The van der Waals surface area contributed by atoms with Gasteiger partial charge in [-0.05, 0) is 38.0 Å². The molecule has 2 heterocycles. The van der Waals surface area contributed by atoms with E-state index in [2.05, 4.69) is 10.3 Å². The van der Waals surface area contributed by atoms with Crippen LogP contribution in [0.4, 0.5) is 11.4 Å². The van der Waals surface area contributed by atoms with Gasteiger partial charge in [-0.3, -0.25) is 4.79 Å². The molecule has 0 amide bonds. The van der Waals surface area contributed by atoms with Crippen molar-refractivity contribution in [2.24, 2.45) is 0 Å². The molecule has 0 fully saturated rings. The molecule has 170 valence electrons. The number of carbonyl (C=O) groups excluding carboxylic acids is 1. The molecule has 3 aromatic rings. The number of pyridine rings is 1. The summed E-state index contributed by atoms with van der Waals surface area (Å²) in [5.41, 5.74) is 11.8. The summed E-state index contributed by atoms with van der Waals surface area (Å²) in [6, 6.07) is 13.0. The molecule has 0 bridgehead atoms. The fraction of sp³-hybridized carbons (Fsp3) is 0.231. The first-order valence-corrected chi connectivity index (χ1v) is 10.7. The lowest BCUT2D eigenvalue weighted by Crippen LogP contribution is -2.30. The summed E-state index contributed by atoms with van der Waals surface area (Å²) in [5.74, 6) is -0.702. The highest BCUT2D eigenvalue weighted by Crippen LogP contribution is 2.44. The number of esters is 1. The van der Waals surface area contributed by atoms with Crippen molar-refractivity contribution in [2.45, 2.75) is 33.3 Å². The summed E-state index contributed by atoms with van der Waals surface area (Å²) in [7, 11) is 1.53. The van der Waals surface area contributed by atoms with Gasteiger partial charge >= 0.3 is 5.97 Å². The Balaban J connectivity index is 1.82. The summed E-state index contributed by atoms with van der Waals surface area (Å²) >= 11 is 0. The Bertz CT molecular complexity index is 1310. The van der Waals surface area contributed by atoms with Crippen LogP contribution in [0.25, 0.3) is 0 Å². The first-order chi connectivity index (χ1) is 15.8. The number of nitrogen functional groups attached to an aromatic ring is 1. The van der Waals surface area contributed by atoms with Gasteiger partial charge in [0.2, 0.25) is 0 Å². The molecule has 0 aliphatic carbocycles. The first-order valence-electron chi connectivity index (χ1n) is 10.7. The molecular formula is C26H27N3O4. The normalized spacial score (nSPS) is 15.0. The fourth-order valence-electron chi connectivity index (χ4n) is 4.17. The number of allylic oxidation sites excluding steroid dienone is 1. The van der Waals surface area contributed by atoms with Crippen LogP contribution in [0.5, 0.6) is 5.75 Å². The average Bonchev–Trinajstić information content (AvgIpc) is 2.80. The van der Waals surface area contributed by atoms with Gasteiger partial charge in [-0.15, -0.1) is 0 Å². The minimum atomic E-state index is -0.689. The summed E-state index contributed by atoms with van der Waals surface area (Å²) in [6.45, 7) is 5.83. The van der Waals surface area contributed by atoms with Gasteiger partial charge in [0.25, 0.3) is 5.56 Å². The highest BCUT2D eigenvalue weighted by atomic mass is 16.5. The molecule has 1 aliphatic rings. The third kappa shape index (κ3) is 4.22. The van der Waals surface area contributed by atoms with Gasteiger partial charge in [-0.25, -0.2) is 4.79 Å². The van der Waals surface area contributed by atoms with E-state index in [0.717, 1.165) is 16.7 Å². The van der Waals surface area contributed by atoms with Crippen LogP contribution in [-0.2, 0) is 16.1 Å². The molecule has 1 atom stereocenters. The van der Waals surface area contributed by atoms with Crippen LogP contribution in [0.2, 0.25) is 0 Å². The number of hydrogen-bond acceptors (Lipinski definition) is 6. The van der Waals surface area contributed by atoms with E-state index < -0.39 is 11.9 Å². The number of hydrogen-bond donors (Lipinski definition) is 3. The number of fused-ring (bicyclic) bond motifs is 1. The Kier molecular flexibility index (Phi) is 5.96. The SMILES string of the molecule is COc1cc(N)ccc1C1C(C(=O)OCc2ccc(C)cc2)=C(C)Nc2c(C)c[nH]c(=O)c21. The third-order valence-corrected chi connectivity index (χ3v) is 5.90. The topological polar surface area (TPSA) is 106 Å². The van der Waals surface area contributed by atoms with Crippen LogP contribution in [0, 0.1) is 13.8 Å². The molecule has 4 rings (SSSR count). The first kappa shape index (κ1) is 22.2. The van der Waals surface area contributed by atoms with E-state index in [1.54, 1.807) is 24.4 Å². The van der Waals surface area contributed by atoms with Gasteiger partial charge in [-0.1, -0.05) is 35.9 Å². The molecule has 7 nitrogen and oxygen atoms in total. The van der Waals surface area contributed by atoms with Crippen LogP contribution in [0.1, 0.15) is 40.7 Å². The van der Waals surface area contributed by atoms with Gasteiger partial charge in [0.05, 0.1) is 29.9 Å². The van der Waals surface area contributed by atoms with E-state index in [-0.39, 0.29) is 12.2 Å². The number of H-pyrrole nitrogens is 1. The molecule has 1 unspecified atom stereocenters. The smallest absolute Gasteiger partial charge is 0.337 e. The van der Waals surface area contributed by atoms with Gasteiger partial charge < -0.3 is 25.5 Å². The monoisotopic (exact) mass is 445 g/mol. The van der Waals surface area contributed by atoms with Crippen molar-refractivity contribution >= 4 is 17.3 Å². The van der Waals surface area contributed by atoms with Crippen molar-refractivity contribution in [1.82, 2.24) is 4.98 Å². The van der Waals surface area contributed by atoms with Gasteiger partial charge in [0, 0.05) is 29.2 Å². The number of rotatable bonds is 5. The predicted molar refractivity (Wildman–Crippen MR) is 128 cm³/mol. The number of nitrogens with one attached hydrogen (secondary N) is 2. The van der Waals surface area contributed by atoms with Crippen molar-refractivity contribution < 1.29 is 14.3 Å². The summed E-state index contributed by atoms with van der Waals surface area (Å²) < 4.78 is 11.3. The van der Waals surface area contributed by atoms with E-state index in [4.69, 9.17) is 15.2 Å². The van der Waals surface area contributed by atoms with Crippen molar-refractivity contribution in [2.75, 3.05) is 18.2 Å². The zero-order chi connectivity index (χ0) is 23.7. The van der Waals surface area contributed by atoms with Crippen molar-refractivity contribution in [3.8, 4) is 5.75 Å². The lowest BCUT2D eigenvalue weighted by Gasteiger charge is -2.31. The number of aryl methyl sites for hydroxylation is 2. The standard InChI is InChI=1S/C26H27N3O4/c1-14-5-7-17(8-6-14)13-33-26(31)21-16(3)29-24-15(2)12-28-25(30)23(24)22(21)19-10-9-18(27)11-20(19)32-4/h5-12,22,29H,13,27H2,1-4H3,(H,28,30). The zero-order valence-corrected chi connectivity index (χ0v) is 19.1. The highest BCUT2D eigenvalue weighted by molar-refractivity contribution is 5.95. The number of carbonyl (C=O) groups is 1. The van der Waals surface area contributed by atoms with Crippen molar-refractivity contribution in [3.63, 3.8) is 0 Å². The molecule has 4 N–H and O–H groups in total. The maximum absolute atomic E-state index is 13.4. The quantitative estimate of drug-likeness (QED) is 0.402. The van der Waals surface area contributed by atoms with E-state index >= 15 is 0 Å². The minimum absolute atomic E-state index is 0.124. The van der Waals surface area contributed by atoms with Gasteiger partial charge in [-0.2, -0.15) is 0 Å². The fourth-order valence-corrected chi connectivity index (χ4v) is 4.17. The number of aromatic amines is 1. The van der Waals surface area contributed by atoms with E-state index in [9.17, 15) is 9.59 Å². The van der Waals surface area contributed by atoms with Gasteiger partial charge in [0.1, 0.15) is 12.4 Å². The molecule has 2 aromatic carbocycles. The third-order valence-electron chi connectivity index (χ3n) is 5.90. The van der Waals surface area contributed by atoms with Crippen LogP contribution < -0.4 is 21.3 Å². The Morgan fingerprint density at radius 2 is 1.82 bits per heavy atom. The number of methoxy groups -OCH3 is 1. The van der Waals surface area contributed by atoms with Crippen molar-refractivity contribution in [3.05, 3.63) is 98.1 Å². The summed E-state index contributed by atoms with van der Waals surface area (Å²) in [5, 5.41) is 3.25.